The fraction of sp³-hybridized carbons (Fsp3) is 0.926. The molecule has 4 aliphatic carbocycles. The monoisotopic (exact) mass is 418 g/mol. The summed E-state index contributed by atoms with van der Waals surface area (Å²) in [6.07, 6.45) is 10.9. The van der Waals surface area contributed by atoms with E-state index in [2.05, 4.69) is 40.7 Å². The average Bonchev–Trinajstić information content (AvgIpc) is 3.04. The van der Waals surface area contributed by atoms with E-state index in [1.807, 2.05) is 0 Å². The van der Waals surface area contributed by atoms with E-state index >= 15 is 0 Å². The number of aliphatic hydroxyl groups excluding tert-OH is 3. The molecule has 30 heavy (non-hydrogen) atoms. The van der Waals surface area contributed by atoms with E-state index in [0.717, 1.165) is 32.1 Å². The van der Waals surface area contributed by atoms with Crippen molar-refractivity contribution in [1.82, 2.24) is 0 Å². The summed E-state index contributed by atoms with van der Waals surface area (Å²) in [4.78, 5) is 0. The predicted octanol–water partition coefficient (Wildman–Crippen LogP) is 5.33. The van der Waals surface area contributed by atoms with Gasteiger partial charge in [-0.1, -0.05) is 46.3 Å². The van der Waals surface area contributed by atoms with Crippen LogP contribution in [-0.4, -0.2) is 33.6 Å². The van der Waals surface area contributed by atoms with E-state index in [1.54, 1.807) is 0 Å². The Bertz CT molecular complexity index is 656. The Morgan fingerprint density at radius 1 is 0.967 bits per heavy atom. The van der Waals surface area contributed by atoms with Crippen LogP contribution in [0.3, 0.4) is 0 Å². The van der Waals surface area contributed by atoms with E-state index in [4.69, 9.17) is 0 Å². The largest absolute Gasteiger partial charge is 0.393 e. The van der Waals surface area contributed by atoms with Crippen molar-refractivity contribution in [1.29, 1.82) is 0 Å². The Hall–Kier alpha value is -0.380. The molecule has 0 heterocycles. The van der Waals surface area contributed by atoms with Crippen LogP contribution in [0, 0.1) is 46.3 Å². The first-order chi connectivity index (χ1) is 14.1. The zero-order chi connectivity index (χ0) is 21.8. The molecule has 172 valence electrons. The minimum Gasteiger partial charge on any atom is -0.393 e. The summed E-state index contributed by atoms with van der Waals surface area (Å²) in [5, 5.41) is 32.4. The van der Waals surface area contributed by atoms with Gasteiger partial charge in [0.1, 0.15) is 0 Å². The van der Waals surface area contributed by atoms with Gasteiger partial charge in [-0.2, -0.15) is 0 Å². The number of aliphatic hydroxyl groups is 3. The Morgan fingerprint density at radius 3 is 2.40 bits per heavy atom. The zero-order valence-corrected chi connectivity index (χ0v) is 20.0. The normalized spacial score (nSPS) is 47.8. The summed E-state index contributed by atoms with van der Waals surface area (Å²) in [6, 6.07) is 0. The molecule has 0 spiro atoms. The first-order valence-corrected chi connectivity index (χ1v) is 12.8. The second kappa shape index (κ2) is 8.19. The van der Waals surface area contributed by atoms with Crippen molar-refractivity contribution in [3.05, 3.63) is 11.6 Å². The molecular weight excluding hydrogens is 372 g/mol. The first kappa shape index (κ1) is 22.8. The minimum absolute atomic E-state index is 0.158. The molecule has 0 amide bonds. The lowest BCUT2D eigenvalue weighted by Crippen LogP contribution is -2.55. The van der Waals surface area contributed by atoms with Crippen LogP contribution in [0.25, 0.3) is 0 Å². The topological polar surface area (TPSA) is 60.7 Å². The smallest absolute Gasteiger partial charge is 0.0757 e. The molecule has 0 radical (unpaired) electrons. The van der Waals surface area contributed by atoms with Crippen LogP contribution in [0.1, 0.15) is 92.4 Å². The minimum atomic E-state index is -0.368. The Morgan fingerprint density at radius 2 is 1.70 bits per heavy atom. The van der Waals surface area contributed by atoms with Crippen molar-refractivity contribution in [3.8, 4) is 0 Å². The van der Waals surface area contributed by atoms with Gasteiger partial charge >= 0.3 is 0 Å². The molecule has 3 heteroatoms. The third-order valence-electron chi connectivity index (χ3n) is 10.5. The van der Waals surface area contributed by atoms with Gasteiger partial charge in [0.25, 0.3) is 0 Å². The molecule has 0 bridgehead atoms. The maximum Gasteiger partial charge on any atom is 0.0757 e. The van der Waals surface area contributed by atoms with Crippen molar-refractivity contribution in [2.24, 2.45) is 46.3 Å². The van der Waals surface area contributed by atoms with Crippen molar-refractivity contribution >= 4 is 0 Å². The second-order valence-corrected chi connectivity index (χ2v) is 12.4. The molecule has 3 N–H and O–H groups in total. The van der Waals surface area contributed by atoms with Gasteiger partial charge in [-0.15, -0.1) is 0 Å². The predicted molar refractivity (Wildman–Crippen MR) is 122 cm³/mol. The third-order valence-corrected chi connectivity index (χ3v) is 10.5. The fourth-order valence-electron chi connectivity index (χ4n) is 8.57. The highest BCUT2D eigenvalue weighted by molar-refractivity contribution is 5.28. The van der Waals surface area contributed by atoms with Crippen LogP contribution in [0.15, 0.2) is 11.6 Å². The van der Waals surface area contributed by atoms with Crippen LogP contribution in [-0.2, 0) is 0 Å². The fourth-order valence-corrected chi connectivity index (χ4v) is 8.57. The SMILES string of the molecule is CC(C)CC[C@@H](O)[C@@H](C)[C@H]1CC[C@H]2[C@@H]3[C@H](O)C=C4C[C@@H](O)CC[C@]4(C)[C@H]3CC[C@]12C. The summed E-state index contributed by atoms with van der Waals surface area (Å²) in [5.41, 5.74) is 1.71. The van der Waals surface area contributed by atoms with E-state index < -0.39 is 0 Å². The van der Waals surface area contributed by atoms with Crippen molar-refractivity contribution in [2.75, 3.05) is 0 Å². The lowest BCUT2D eigenvalue weighted by molar-refractivity contribution is -0.103. The summed E-state index contributed by atoms with van der Waals surface area (Å²) >= 11 is 0. The van der Waals surface area contributed by atoms with E-state index in [1.165, 1.54) is 31.3 Å². The van der Waals surface area contributed by atoms with Crippen LogP contribution < -0.4 is 0 Å². The van der Waals surface area contributed by atoms with Gasteiger partial charge in [0.15, 0.2) is 0 Å². The van der Waals surface area contributed by atoms with Crippen LogP contribution in [0.4, 0.5) is 0 Å². The number of hydrogen-bond acceptors (Lipinski definition) is 3. The molecule has 0 aromatic rings. The molecular formula is C27H46O3. The molecule has 3 saturated carbocycles. The quantitative estimate of drug-likeness (QED) is 0.529. The maximum absolute atomic E-state index is 11.3. The highest BCUT2D eigenvalue weighted by Crippen LogP contribution is 2.67. The molecule has 4 rings (SSSR count). The van der Waals surface area contributed by atoms with E-state index in [0.29, 0.717) is 35.5 Å². The lowest BCUT2D eigenvalue weighted by Gasteiger charge is -2.59. The van der Waals surface area contributed by atoms with Gasteiger partial charge < -0.3 is 15.3 Å². The standard InChI is InChI=1S/C27H46O3/c1-16(2)6-9-23(29)17(3)20-7-8-21-25-22(11-13-27(20,21)5)26(4)12-10-19(28)14-18(26)15-24(25)30/h15-17,19-25,28-30H,6-14H2,1-5H3/t17-,19-,20+,21-,22-,23+,24+,25-,26-,27+/m0/s1. The number of rotatable bonds is 5. The maximum atomic E-state index is 11.3. The van der Waals surface area contributed by atoms with Crippen LogP contribution in [0.5, 0.6) is 0 Å². The van der Waals surface area contributed by atoms with Gasteiger partial charge in [0.05, 0.1) is 18.3 Å². The van der Waals surface area contributed by atoms with E-state index in [-0.39, 0.29) is 29.1 Å². The molecule has 0 aromatic carbocycles. The molecule has 4 aliphatic rings. The van der Waals surface area contributed by atoms with Gasteiger partial charge in [-0.05, 0) is 104 Å². The van der Waals surface area contributed by atoms with Gasteiger partial charge in [-0.25, -0.2) is 0 Å². The van der Waals surface area contributed by atoms with Crippen molar-refractivity contribution < 1.29 is 15.3 Å². The van der Waals surface area contributed by atoms with E-state index in [9.17, 15) is 15.3 Å². The molecule has 0 unspecified atom stereocenters. The Kier molecular flexibility index (Phi) is 6.23. The summed E-state index contributed by atoms with van der Waals surface area (Å²) in [5.74, 6) is 2.97. The molecule has 3 nitrogen and oxygen atoms in total. The van der Waals surface area contributed by atoms with Crippen molar-refractivity contribution in [2.45, 2.75) is 111 Å². The zero-order valence-electron chi connectivity index (χ0n) is 20.0. The highest BCUT2D eigenvalue weighted by atomic mass is 16.3. The van der Waals surface area contributed by atoms with Gasteiger partial charge in [0.2, 0.25) is 0 Å². The lowest BCUT2D eigenvalue weighted by atomic mass is 9.46. The highest BCUT2D eigenvalue weighted by Gasteiger charge is 2.61. The molecule has 0 aromatic heterocycles. The summed E-state index contributed by atoms with van der Waals surface area (Å²) < 4.78 is 0. The van der Waals surface area contributed by atoms with Gasteiger partial charge in [-0.3, -0.25) is 0 Å². The Balaban J connectivity index is 1.56. The summed E-state index contributed by atoms with van der Waals surface area (Å²) in [6.45, 7) is 11.7. The van der Waals surface area contributed by atoms with Crippen molar-refractivity contribution in [3.63, 3.8) is 0 Å². The molecule has 3 fully saturated rings. The third kappa shape index (κ3) is 3.61. The molecule has 0 aliphatic heterocycles. The number of hydrogen-bond donors (Lipinski definition) is 3. The molecule has 10 atom stereocenters. The average molecular weight is 419 g/mol. The van der Waals surface area contributed by atoms with Crippen LogP contribution >= 0.6 is 0 Å². The number of fused-ring (bicyclic) bond motifs is 5. The van der Waals surface area contributed by atoms with Crippen LogP contribution in [0.2, 0.25) is 0 Å². The molecule has 0 saturated heterocycles. The second-order valence-electron chi connectivity index (χ2n) is 12.4. The van der Waals surface area contributed by atoms with Gasteiger partial charge in [0, 0.05) is 0 Å². The summed E-state index contributed by atoms with van der Waals surface area (Å²) in [7, 11) is 0. The Labute approximate surface area is 184 Å². The first-order valence-electron chi connectivity index (χ1n) is 12.8.